The number of aromatic nitrogens is 4. The lowest BCUT2D eigenvalue weighted by Gasteiger charge is -2.16. The highest BCUT2D eigenvalue weighted by Crippen LogP contribution is 2.36. The monoisotopic (exact) mass is 406 g/mol. The molecule has 154 valence electrons. The molecule has 6 rings (SSSR count). The van der Waals surface area contributed by atoms with E-state index < -0.39 is 0 Å². The molecule has 4 nitrogen and oxygen atoms in total. The van der Waals surface area contributed by atoms with Gasteiger partial charge in [0.2, 0.25) is 0 Å². The van der Waals surface area contributed by atoms with E-state index in [-0.39, 0.29) is 0 Å². The Balaban J connectivity index is 1.43. The van der Waals surface area contributed by atoms with Gasteiger partial charge in [-0.05, 0) is 47.1 Å². The highest BCUT2D eigenvalue weighted by molar-refractivity contribution is 6.05. The molecule has 0 atom stereocenters. The minimum Gasteiger partial charge on any atom is -0.345 e. The van der Waals surface area contributed by atoms with E-state index in [1.807, 2.05) is 0 Å². The molecule has 1 aliphatic carbocycles. The van der Waals surface area contributed by atoms with Crippen LogP contribution in [0.5, 0.6) is 0 Å². The maximum atomic E-state index is 4.87. The van der Waals surface area contributed by atoms with Gasteiger partial charge in [0.05, 0.1) is 16.7 Å². The number of nitrogens with one attached hydrogen (secondary N) is 2. The number of aryl methyl sites for hydroxylation is 3. The highest BCUT2D eigenvalue weighted by atomic mass is 14.9. The molecule has 5 aromatic rings. The highest BCUT2D eigenvalue weighted by Gasteiger charge is 2.20. The first-order chi connectivity index (χ1) is 15.1. The van der Waals surface area contributed by atoms with E-state index in [1.165, 1.54) is 38.7 Å². The molecule has 31 heavy (non-hydrogen) atoms. The Morgan fingerprint density at radius 2 is 1.74 bits per heavy atom. The van der Waals surface area contributed by atoms with Crippen LogP contribution in [-0.2, 0) is 19.3 Å². The quantitative estimate of drug-likeness (QED) is 0.356. The van der Waals surface area contributed by atoms with Crippen LogP contribution in [0.1, 0.15) is 49.6 Å². The third kappa shape index (κ3) is 2.89. The van der Waals surface area contributed by atoms with Crippen molar-refractivity contribution in [3.8, 4) is 22.4 Å². The summed E-state index contributed by atoms with van der Waals surface area (Å²) in [6, 6.07) is 17.9. The fourth-order valence-electron chi connectivity index (χ4n) is 4.78. The maximum Gasteiger partial charge on any atom is 0.109 e. The summed E-state index contributed by atoms with van der Waals surface area (Å²) < 4.78 is 0. The number of fused-ring (bicyclic) bond motifs is 6. The smallest absolute Gasteiger partial charge is 0.109 e. The minimum atomic E-state index is 0.389. The van der Waals surface area contributed by atoms with Crippen LogP contribution in [0.4, 0.5) is 0 Å². The van der Waals surface area contributed by atoms with Crippen LogP contribution in [-0.4, -0.2) is 19.9 Å². The normalized spacial score (nSPS) is 13.2. The maximum absolute atomic E-state index is 4.87. The number of rotatable bonds is 3. The van der Waals surface area contributed by atoms with E-state index in [1.54, 1.807) is 0 Å². The van der Waals surface area contributed by atoms with Crippen LogP contribution in [0.25, 0.3) is 44.2 Å². The predicted molar refractivity (Wildman–Crippen MR) is 127 cm³/mol. The van der Waals surface area contributed by atoms with E-state index in [0.29, 0.717) is 5.92 Å². The van der Waals surface area contributed by atoms with E-state index in [9.17, 15) is 0 Å². The molecule has 4 heteroatoms. The summed E-state index contributed by atoms with van der Waals surface area (Å²) in [4.78, 5) is 16.7. The second-order valence-corrected chi connectivity index (χ2v) is 8.91. The van der Waals surface area contributed by atoms with E-state index in [0.717, 1.165) is 47.6 Å². The van der Waals surface area contributed by atoms with Gasteiger partial charge in [0.1, 0.15) is 11.6 Å². The molecule has 0 spiro atoms. The SMILES string of the molecule is CCc1nc2c([nH]1)CCc1cc(-c3ccc4c(ccc5[nH]c(C(C)C)nc54)c3)ccc1-2. The molecule has 3 aromatic carbocycles. The van der Waals surface area contributed by atoms with Crippen molar-refractivity contribution < 1.29 is 0 Å². The molecular weight excluding hydrogens is 380 g/mol. The van der Waals surface area contributed by atoms with Crippen LogP contribution in [0.15, 0.2) is 48.5 Å². The van der Waals surface area contributed by atoms with Gasteiger partial charge in [0, 0.05) is 29.0 Å². The van der Waals surface area contributed by atoms with E-state index in [2.05, 4.69) is 79.3 Å². The standard InChI is InChI=1S/C27H26N4/c1-4-24-28-22-11-7-18-13-16(5-9-20(18)25(22)30-24)17-6-10-21-19(14-17)8-12-23-26(21)31-27(29-23)15(2)3/h5-6,8-10,12-15H,4,7,11H2,1-3H3,(H,28,30)(H,29,31). The third-order valence-electron chi connectivity index (χ3n) is 6.53. The van der Waals surface area contributed by atoms with Gasteiger partial charge in [-0.3, -0.25) is 0 Å². The average Bonchev–Trinajstić information content (AvgIpc) is 3.42. The molecule has 0 bridgehead atoms. The first kappa shape index (κ1) is 18.4. The summed E-state index contributed by atoms with van der Waals surface area (Å²) in [7, 11) is 0. The van der Waals surface area contributed by atoms with Crippen molar-refractivity contribution in [2.24, 2.45) is 0 Å². The van der Waals surface area contributed by atoms with Gasteiger partial charge in [0.25, 0.3) is 0 Å². The molecule has 0 aliphatic heterocycles. The lowest BCUT2D eigenvalue weighted by Crippen LogP contribution is -2.03. The Labute approximate surface area is 181 Å². The summed E-state index contributed by atoms with van der Waals surface area (Å²) in [6.45, 7) is 6.49. The predicted octanol–water partition coefficient (Wildman–Crippen LogP) is 6.56. The lowest BCUT2D eigenvalue weighted by atomic mass is 9.89. The van der Waals surface area contributed by atoms with Crippen molar-refractivity contribution in [1.82, 2.24) is 19.9 Å². The average molecular weight is 407 g/mol. The van der Waals surface area contributed by atoms with Crippen molar-refractivity contribution >= 4 is 21.8 Å². The van der Waals surface area contributed by atoms with Crippen molar-refractivity contribution in [3.63, 3.8) is 0 Å². The minimum absolute atomic E-state index is 0.389. The molecule has 0 saturated carbocycles. The van der Waals surface area contributed by atoms with Crippen LogP contribution in [0.3, 0.4) is 0 Å². The van der Waals surface area contributed by atoms with Crippen molar-refractivity contribution in [2.45, 2.75) is 46.0 Å². The summed E-state index contributed by atoms with van der Waals surface area (Å²) in [6.07, 6.45) is 3.03. The molecule has 2 heterocycles. The van der Waals surface area contributed by atoms with Crippen LogP contribution < -0.4 is 0 Å². The van der Waals surface area contributed by atoms with E-state index >= 15 is 0 Å². The summed E-state index contributed by atoms with van der Waals surface area (Å²) in [5, 5.41) is 2.43. The molecule has 0 unspecified atom stereocenters. The first-order valence-electron chi connectivity index (χ1n) is 11.2. The zero-order valence-electron chi connectivity index (χ0n) is 18.2. The number of aromatic amines is 2. The molecule has 0 saturated heterocycles. The van der Waals surface area contributed by atoms with Gasteiger partial charge >= 0.3 is 0 Å². The largest absolute Gasteiger partial charge is 0.345 e. The van der Waals surface area contributed by atoms with Crippen LogP contribution in [0.2, 0.25) is 0 Å². The Morgan fingerprint density at radius 1 is 0.903 bits per heavy atom. The number of imidazole rings is 2. The Morgan fingerprint density at radius 3 is 2.58 bits per heavy atom. The zero-order chi connectivity index (χ0) is 21.1. The fourth-order valence-corrected chi connectivity index (χ4v) is 4.78. The molecule has 1 aliphatic rings. The van der Waals surface area contributed by atoms with Gasteiger partial charge in [-0.15, -0.1) is 0 Å². The van der Waals surface area contributed by atoms with Gasteiger partial charge in [-0.1, -0.05) is 57.2 Å². The van der Waals surface area contributed by atoms with Gasteiger partial charge in [-0.25, -0.2) is 9.97 Å². The number of benzene rings is 3. The van der Waals surface area contributed by atoms with Gasteiger partial charge in [0.15, 0.2) is 0 Å². The number of H-pyrrole nitrogens is 2. The topological polar surface area (TPSA) is 57.4 Å². The Bertz CT molecular complexity index is 1450. The molecule has 0 radical (unpaired) electrons. The fraction of sp³-hybridized carbons (Fsp3) is 0.259. The molecular formula is C27H26N4. The number of nitrogens with zero attached hydrogens (tertiary/aromatic N) is 2. The second kappa shape index (κ2) is 6.81. The first-order valence-corrected chi connectivity index (χ1v) is 11.2. The zero-order valence-corrected chi connectivity index (χ0v) is 18.2. The Hall–Kier alpha value is -3.40. The van der Waals surface area contributed by atoms with Gasteiger partial charge < -0.3 is 9.97 Å². The number of hydrogen-bond acceptors (Lipinski definition) is 2. The van der Waals surface area contributed by atoms with Crippen molar-refractivity contribution in [1.29, 1.82) is 0 Å². The van der Waals surface area contributed by atoms with Crippen molar-refractivity contribution in [2.75, 3.05) is 0 Å². The van der Waals surface area contributed by atoms with Crippen LogP contribution in [0, 0.1) is 0 Å². The molecule has 2 aromatic heterocycles. The summed E-state index contributed by atoms with van der Waals surface area (Å²) in [5.74, 6) is 2.52. The van der Waals surface area contributed by atoms with E-state index in [4.69, 9.17) is 9.97 Å². The molecule has 0 fully saturated rings. The Kier molecular flexibility index (Phi) is 4.04. The van der Waals surface area contributed by atoms with Crippen molar-refractivity contribution in [3.05, 3.63) is 71.4 Å². The summed E-state index contributed by atoms with van der Waals surface area (Å²) >= 11 is 0. The van der Waals surface area contributed by atoms with Crippen LogP contribution >= 0.6 is 0 Å². The van der Waals surface area contributed by atoms with Gasteiger partial charge in [-0.2, -0.15) is 0 Å². The third-order valence-corrected chi connectivity index (χ3v) is 6.53. The lowest BCUT2D eigenvalue weighted by molar-refractivity contribution is 0.799. The second-order valence-electron chi connectivity index (χ2n) is 8.91. The number of hydrogen-bond donors (Lipinski definition) is 2. The molecule has 0 amide bonds. The molecule has 2 N–H and O–H groups in total. The summed E-state index contributed by atoms with van der Waals surface area (Å²) in [5.41, 5.74) is 9.79.